The van der Waals surface area contributed by atoms with E-state index < -0.39 is 17.2 Å². The summed E-state index contributed by atoms with van der Waals surface area (Å²) in [6, 6.07) is 6.42. The minimum atomic E-state index is -0.461. The molecule has 174 valence electrons. The molecule has 0 saturated heterocycles. The number of fused-ring (bicyclic) bond motifs is 1. The molecule has 10 heteroatoms. The third kappa shape index (κ3) is 5.00. The summed E-state index contributed by atoms with van der Waals surface area (Å²) in [4.78, 5) is 54.6. The first kappa shape index (κ1) is 24.2. The number of amides is 1. The number of esters is 1. The maximum Gasteiger partial charge on any atom is 0.338 e. The minimum absolute atomic E-state index is 0.0461. The summed E-state index contributed by atoms with van der Waals surface area (Å²) < 4.78 is 7.33. The molecule has 0 aliphatic carbocycles. The number of anilines is 1. The van der Waals surface area contributed by atoms with Crippen LogP contribution in [0.2, 0.25) is 0 Å². The first-order valence-electron chi connectivity index (χ1n) is 10.4. The smallest absolute Gasteiger partial charge is 0.338 e. The molecular weight excluding hydrogens is 444 g/mol. The van der Waals surface area contributed by atoms with E-state index in [2.05, 4.69) is 10.3 Å². The van der Waals surface area contributed by atoms with Crippen molar-refractivity contribution in [3.63, 3.8) is 0 Å². The quantitative estimate of drug-likeness (QED) is 0.417. The van der Waals surface area contributed by atoms with E-state index in [1.54, 1.807) is 44.4 Å². The van der Waals surface area contributed by atoms with E-state index in [9.17, 15) is 19.2 Å². The highest BCUT2D eigenvalue weighted by Crippen LogP contribution is 2.32. The number of hydrogen-bond donors (Lipinski definition) is 1. The number of rotatable bonds is 7. The van der Waals surface area contributed by atoms with Crippen molar-refractivity contribution in [2.24, 2.45) is 14.1 Å². The molecule has 0 aliphatic rings. The number of nitrogens with zero attached hydrogens (tertiary/aromatic N) is 3. The van der Waals surface area contributed by atoms with Crippen LogP contribution in [0.5, 0.6) is 0 Å². The first-order chi connectivity index (χ1) is 15.6. The highest BCUT2D eigenvalue weighted by Gasteiger charge is 2.20. The molecule has 0 bridgehead atoms. The Kier molecular flexibility index (Phi) is 7.37. The summed E-state index contributed by atoms with van der Waals surface area (Å²) in [6.07, 6.45) is 1.65. The number of thioether (sulfide) groups is 1. The van der Waals surface area contributed by atoms with Crippen LogP contribution in [0.25, 0.3) is 11.0 Å². The summed E-state index contributed by atoms with van der Waals surface area (Å²) in [5, 5.41) is 3.11. The number of carbonyl (C=O) groups excluding carboxylic acids is 2. The van der Waals surface area contributed by atoms with Crippen molar-refractivity contribution in [3.8, 4) is 0 Å². The SMILES string of the molecule is CCOC(=O)c1ccc(NC(=O)CSc2c(C(C)C)cnc3c2c(=O)n(C)c(=O)n3C)cc1. The van der Waals surface area contributed by atoms with Gasteiger partial charge in [0.2, 0.25) is 5.91 Å². The zero-order valence-electron chi connectivity index (χ0n) is 19.2. The number of hydrogen-bond acceptors (Lipinski definition) is 7. The predicted octanol–water partition coefficient (Wildman–Crippen LogP) is 2.66. The second kappa shape index (κ2) is 10.0. The largest absolute Gasteiger partial charge is 0.462 e. The Morgan fingerprint density at radius 1 is 1.12 bits per heavy atom. The van der Waals surface area contributed by atoms with Crippen LogP contribution in [-0.2, 0) is 23.6 Å². The van der Waals surface area contributed by atoms with Gasteiger partial charge in [0.05, 0.1) is 23.3 Å². The molecule has 0 radical (unpaired) electrons. The number of pyridine rings is 1. The number of nitrogens with one attached hydrogen (secondary N) is 1. The molecule has 9 nitrogen and oxygen atoms in total. The number of aryl methyl sites for hydroxylation is 1. The van der Waals surface area contributed by atoms with E-state index in [-0.39, 0.29) is 29.8 Å². The summed E-state index contributed by atoms with van der Waals surface area (Å²) in [7, 11) is 2.99. The van der Waals surface area contributed by atoms with Gasteiger partial charge >= 0.3 is 11.7 Å². The molecule has 0 saturated carbocycles. The summed E-state index contributed by atoms with van der Waals surface area (Å²) in [5.74, 6) is -0.590. The van der Waals surface area contributed by atoms with Crippen molar-refractivity contribution >= 4 is 40.4 Å². The number of ether oxygens (including phenoxy) is 1. The van der Waals surface area contributed by atoms with Gasteiger partial charge in [0.25, 0.3) is 5.56 Å². The lowest BCUT2D eigenvalue weighted by Crippen LogP contribution is -2.37. The lowest BCUT2D eigenvalue weighted by Gasteiger charge is -2.16. The molecule has 3 rings (SSSR count). The summed E-state index contributed by atoms with van der Waals surface area (Å²) >= 11 is 1.23. The van der Waals surface area contributed by atoms with Crippen molar-refractivity contribution in [1.29, 1.82) is 0 Å². The fourth-order valence-corrected chi connectivity index (χ4v) is 4.45. The lowest BCUT2D eigenvalue weighted by molar-refractivity contribution is -0.113. The zero-order valence-corrected chi connectivity index (χ0v) is 20.0. The standard InChI is InChI=1S/C23H26N4O5S/c1-6-32-22(30)14-7-9-15(10-8-14)25-17(28)12-33-19-16(13(2)3)11-24-20-18(19)21(29)27(5)23(31)26(20)4/h7-11,13H,6,12H2,1-5H3,(H,25,28). The molecule has 3 aromatic rings. The zero-order chi connectivity index (χ0) is 24.3. The monoisotopic (exact) mass is 470 g/mol. The topological polar surface area (TPSA) is 112 Å². The van der Waals surface area contributed by atoms with Crippen LogP contribution >= 0.6 is 11.8 Å². The Balaban J connectivity index is 1.86. The van der Waals surface area contributed by atoms with Gasteiger partial charge in [0, 0.05) is 30.9 Å². The molecule has 1 amide bonds. The van der Waals surface area contributed by atoms with Gasteiger partial charge < -0.3 is 10.1 Å². The number of benzene rings is 1. The van der Waals surface area contributed by atoms with Crippen molar-refractivity contribution in [2.45, 2.75) is 31.6 Å². The van der Waals surface area contributed by atoms with Crippen LogP contribution in [0, 0.1) is 0 Å². The first-order valence-corrected chi connectivity index (χ1v) is 11.4. The summed E-state index contributed by atoms with van der Waals surface area (Å²) in [5.41, 5.74) is 1.14. The van der Waals surface area contributed by atoms with Crippen LogP contribution in [-0.4, -0.2) is 38.4 Å². The molecule has 0 fully saturated rings. The van der Waals surface area contributed by atoms with Gasteiger partial charge in [-0.25, -0.2) is 14.6 Å². The highest BCUT2D eigenvalue weighted by atomic mass is 32.2. The van der Waals surface area contributed by atoms with E-state index in [0.29, 0.717) is 21.5 Å². The fourth-order valence-electron chi connectivity index (χ4n) is 3.32. The van der Waals surface area contributed by atoms with Gasteiger partial charge in [-0.05, 0) is 42.7 Å². The third-order valence-corrected chi connectivity index (χ3v) is 6.23. The Labute approximate surface area is 194 Å². The van der Waals surface area contributed by atoms with Gasteiger partial charge in [-0.1, -0.05) is 13.8 Å². The Morgan fingerprint density at radius 2 is 1.79 bits per heavy atom. The van der Waals surface area contributed by atoms with Crippen molar-refractivity contribution in [3.05, 3.63) is 62.4 Å². The van der Waals surface area contributed by atoms with Crippen molar-refractivity contribution in [1.82, 2.24) is 14.1 Å². The molecule has 0 aliphatic heterocycles. The maximum atomic E-state index is 12.9. The van der Waals surface area contributed by atoms with Crippen molar-refractivity contribution < 1.29 is 14.3 Å². The number of aromatic nitrogens is 3. The minimum Gasteiger partial charge on any atom is -0.462 e. The van der Waals surface area contributed by atoms with Crippen LogP contribution < -0.4 is 16.6 Å². The van der Waals surface area contributed by atoms with Crippen LogP contribution in [0.3, 0.4) is 0 Å². The van der Waals surface area contributed by atoms with Crippen LogP contribution in [0.1, 0.15) is 42.6 Å². The summed E-state index contributed by atoms with van der Waals surface area (Å²) in [6.45, 7) is 5.97. The maximum absolute atomic E-state index is 12.9. The average molecular weight is 471 g/mol. The van der Waals surface area contributed by atoms with E-state index >= 15 is 0 Å². The van der Waals surface area contributed by atoms with Crippen LogP contribution in [0.4, 0.5) is 5.69 Å². The van der Waals surface area contributed by atoms with Gasteiger partial charge in [-0.2, -0.15) is 0 Å². The van der Waals surface area contributed by atoms with E-state index in [4.69, 9.17) is 4.74 Å². The molecule has 0 spiro atoms. The molecular formula is C23H26N4O5S. The normalized spacial score (nSPS) is 11.1. The Hall–Kier alpha value is -3.40. The second-order valence-electron chi connectivity index (χ2n) is 7.74. The Bertz CT molecular complexity index is 1330. The molecule has 0 atom stereocenters. The molecule has 2 aromatic heterocycles. The van der Waals surface area contributed by atoms with Crippen molar-refractivity contribution in [2.75, 3.05) is 17.7 Å². The molecule has 2 heterocycles. The predicted molar refractivity (Wildman–Crippen MR) is 128 cm³/mol. The van der Waals surface area contributed by atoms with Crippen LogP contribution in [0.15, 0.2) is 44.9 Å². The molecule has 1 aromatic carbocycles. The van der Waals surface area contributed by atoms with Gasteiger partial charge in [-0.15, -0.1) is 11.8 Å². The second-order valence-corrected chi connectivity index (χ2v) is 8.72. The van der Waals surface area contributed by atoms with E-state index in [1.807, 2.05) is 13.8 Å². The average Bonchev–Trinajstić information content (AvgIpc) is 2.79. The third-order valence-electron chi connectivity index (χ3n) is 5.10. The number of carbonyl (C=O) groups is 2. The fraction of sp³-hybridized carbons (Fsp3) is 0.348. The molecule has 1 N–H and O–H groups in total. The molecule has 0 unspecified atom stereocenters. The Morgan fingerprint density at radius 3 is 2.39 bits per heavy atom. The highest BCUT2D eigenvalue weighted by molar-refractivity contribution is 8.00. The van der Waals surface area contributed by atoms with Gasteiger partial charge in [0.1, 0.15) is 5.65 Å². The van der Waals surface area contributed by atoms with Gasteiger partial charge in [-0.3, -0.25) is 18.7 Å². The van der Waals surface area contributed by atoms with E-state index in [0.717, 1.165) is 10.1 Å². The lowest BCUT2D eigenvalue weighted by atomic mass is 10.0. The molecule has 33 heavy (non-hydrogen) atoms. The van der Waals surface area contributed by atoms with Gasteiger partial charge in [0.15, 0.2) is 0 Å². The van der Waals surface area contributed by atoms with E-state index in [1.165, 1.54) is 23.4 Å².